The van der Waals surface area contributed by atoms with E-state index < -0.39 is 29.2 Å². The van der Waals surface area contributed by atoms with E-state index in [0.717, 1.165) is 4.88 Å². The Kier molecular flexibility index (Phi) is 4.04. The van der Waals surface area contributed by atoms with Crippen molar-refractivity contribution in [2.45, 2.75) is 32.3 Å². The molecule has 0 unspecified atom stereocenters. The summed E-state index contributed by atoms with van der Waals surface area (Å²) in [6.07, 6.45) is 0.858. The van der Waals surface area contributed by atoms with Gasteiger partial charge >= 0.3 is 0 Å². The van der Waals surface area contributed by atoms with Crippen LogP contribution in [0.1, 0.15) is 32.6 Å². The Balaban J connectivity index is 1.67. The summed E-state index contributed by atoms with van der Waals surface area (Å²) in [5.74, 6) is -1.76. The van der Waals surface area contributed by atoms with Crippen LogP contribution in [-0.4, -0.2) is 45.3 Å². The van der Waals surface area contributed by atoms with Crippen molar-refractivity contribution in [3.63, 3.8) is 0 Å². The van der Waals surface area contributed by atoms with Gasteiger partial charge in [0.25, 0.3) is 11.8 Å². The number of rotatable bonds is 3. The first-order valence-corrected chi connectivity index (χ1v) is 9.06. The van der Waals surface area contributed by atoms with Crippen LogP contribution in [-0.2, 0) is 17.8 Å². The van der Waals surface area contributed by atoms with Crippen molar-refractivity contribution in [1.82, 2.24) is 14.8 Å². The van der Waals surface area contributed by atoms with Crippen LogP contribution in [0.3, 0.4) is 0 Å². The zero-order valence-corrected chi connectivity index (χ0v) is 14.8. The summed E-state index contributed by atoms with van der Waals surface area (Å²) < 4.78 is 7.02. The molecule has 9 heteroatoms. The van der Waals surface area contributed by atoms with Crippen molar-refractivity contribution >= 4 is 23.2 Å². The molecule has 136 valence electrons. The first-order chi connectivity index (χ1) is 12.5. The number of fused-ring (bicyclic) bond motifs is 2. The molecule has 1 saturated heterocycles. The van der Waals surface area contributed by atoms with Gasteiger partial charge in [-0.3, -0.25) is 14.4 Å². The van der Waals surface area contributed by atoms with Gasteiger partial charge in [0, 0.05) is 11.1 Å². The molecule has 0 aromatic carbocycles. The lowest BCUT2D eigenvalue weighted by atomic mass is 10.1. The molecule has 0 saturated carbocycles. The molecule has 2 atom stereocenters. The molecule has 4 rings (SSSR count). The van der Waals surface area contributed by atoms with E-state index in [1.165, 1.54) is 27.0 Å². The molecule has 4 heterocycles. The zero-order chi connectivity index (χ0) is 18.4. The lowest BCUT2D eigenvalue weighted by Gasteiger charge is -2.33. The molecular weight excluding hydrogens is 358 g/mol. The van der Waals surface area contributed by atoms with Crippen molar-refractivity contribution in [2.75, 3.05) is 6.61 Å². The lowest BCUT2D eigenvalue weighted by Crippen LogP contribution is -2.49. The number of nitrogens with one attached hydrogen (secondary N) is 1. The highest BCUT2D eigenvalue weighted by molar-refractivity contribution is 7.09. The van der Waals surface area contributed by atoms with E-state index in [1.807, 2.05) is 24.4 Å². The van der Waals surface area contributed by atoms with Gasteiger partial charge in [0.2, 0.25) is 5.43 Å². The van der Waals surface area contributed by atoms with Gasteiger partial charge in [0.15, 0.2) is 17.7 Å². The predicted molar refractivity (Wildman–Crippen MR) is 93.2 cm³/mol. The monoisotopic (exact) mass is 375 g/mol. The highest BCUT2D eigenvalue weighted by Crippen LogP contribution is 2.29. The van der Waals surface area contributed by atoms with Crippen LogP contribution >= 0.6 is 11.3 Å². The number of thiophene rings is 1. The molecule has 2 amide bonds. The maximum Gasteiger partial charge on any atom is 0.276 e. The minimum Gasteiger partial charge on any atom is -0.503 e. The number of carbonyl (C=O) groups excluding carboxylic acids is 2. The molecule has 2 N–H and O–H groups in total. The fourth-order valence-corrected chi connectivity index (χ4v) is 3.96. The van der Waals surface area contributed by atoms with Crippen LogP contribution in [0.2, 0.25) is 0 Å². The van der Waals surface area contributed by atoms with Crippen LogP contribution < -0.4 is 10.7 Å². The standard InChI is InChI=1S/C17H17N3O5S/c1-9-8-25-12-7-19-6-11(16(23)18-5-10-3-2-4-26-10)14(21)15(22)13(19)17(24)20(9)12/h2-4,6,9,12,22H,5,7-8H2,1H3,(H,18,23)/t9-,12+/m0/s1. The quantitative estimate of drug-likeness (QED) is 0.824. The van der Waals surface area contributed by atoms with E-state index in [4.69, 9.17) is 4.74 Å². The summed E-state index contributed by atoms with van der Waals surface area (Å²) in [7, 11) is 0. The Bertz CT molecular complexity index is 937. The van der Waals surface area contributed by atoms with Crippen molar-refractivity contribution in [3.05, 3.63) is 50.1 Å². The fraction of sp³-hybridized carbons (Fsp3) is 0.353. The molecule has 2 aliphatic heterocycles. The number of hydrogen-bond acceptors (Lipinski definition) is 6. The van der Waals surface area contributed by atoms with Crippen LogP contribution in [0.4, 0.5) is 0 Å². The van der Waals surface area contributed by atoms with Gasteiger partial charge in [-0.1, -0.05) is 6.07 Å². The molecule has 26 heavy (non-hydrogen) atoms. The second-order valence-electron chi connectivity index (χ2n) is 6.33. The lowest BCUT2D eigenvalue weighted by molar-refractivity contribution is 0.00625. The van der Waals surface area contributed by atoms with E-state index in [1.54, 1.807) is 0 Å². The molecule has 0 spiro atoms. The fourth-order valence-electron chi connectivity index (χ4n) is 3.31. The van der Waals surface area contributed by atoms with E-state index in [9.17, 15) is 19.5 Å². The molecule has 8 nitrogen and oxygen atoms in total. The van der Waals surface area contributed by atoms with Gasteiger partial charge < -0.3 is 24.6 Å². The maximum absolute atomic E-state index is 12.7. The third-order valence-corrected chi connectivity index (χ3v) is 5.49. The Morgan fingerprint density at radius 1 is 1.46 bits per heavy atom. The third kappa shape index (κ3) is 2.60. The Morgan fingerprint density at radius 3 is 3.00 bits per heavy atom. The minimum atomic E-state index is -0.848. The van der Waals surface area contributed by atoms with Crippen molar-refractivity contribution in [1.29, 1.82) is 0 Å². The molecule has 0 aliphatic carbocycles. The molecular formula is C17H17N3O5S. The van der Waals surface area contributed by atoms with Crippen molar-refractivity contribution in [3.8, 4) is 5.75 Å². The molecule has 0 bridgehead atoms. The van der Waals surface area contributed by atoms with E-state index in [0.29, 0.717) is 6.61 Å². The van der Waals surface area contributed by atoms with Gasteiger partial charge in [0.05, 0.1) is 25.7 Å². The second-order valence-corrected chi connectivity index (χ2v) is 7.37. The average Bonchev–Trinajstić information content (AvgIpc) is 3.26. The first kappa shape index (κ1) is 16.8. The summed E-state index contributed by atoms with van der Waals surface area (Å²) in [5.41, 5.74) is -1.15. The number of pyridine rings is 1. The first-order valence-electron chi connectivity index (χ1n) is 8.18. The highest BCUT2D eigenvalue weighted by Gasteiger charge is 2.42. The number of amides is 2. The third-order valence-electron chi connectivity index (χ3n) is 4.61. The minimum absolute atomic E-state index is 0.0987. The van der Waals surface area contributed by atoms with Crippen LogP contribution in [0, 0.1) is 0 Å². The largest absolute Gasteiger partial charge is 0.503 e. The van der Waals surface area contributed by atoms with Crippen LogP contribution in [0.25, 0.3) is 0 Å². The zero-order valence-electron chi connectivity index (χ0n) is 14.0. The SMILES string of the molecule is C[C@H]1CO[C@@H]2Cn3cc(C(=O)NCc4cccs4)c(=O)c(O)c3C(=O)N12. The maximum atomic E-state index is 12.7. The summed E-state index contributed by atoms with van der Waals surface area (Å²) in [5, 5.41) is 14.9. The topological polar surface area (TPSA) is 101 Å². The van der Waals surface area contributed by atoms with Crippen LogP contribution in [0.5, 0.6) is 5.75 Å². The number of hydrogen-bond donors (Lipinski definition) is 2. The summed E-state index contributed by atoms with van der Waals surface area (Å²) in [6.45, 7) is 2.78. The van der Waals surface area contributed by atoms with Crippen LogP contribution in [0.15, 0.2) is 28.5 Å². The van der Waals surface area contributed by atoms with Crippen molar-refractivity contribution < 1.29 is 19.4 Å². The number of nitrogens with zero attached hydrogens (tertiary/aromatic N) is 2. The molecule has 0 radical (unpaired) electrons. The predicted octanol–water partition coefficient (Wildman–Crippen LogP) is 0.746. The number of aromatic hydroxyl groups is 1. The van der Waals surface area contributed by atoms with Crippen molar-refractivity contribution in [2.24, 2.45) is 0 Å². The van der Waals surface area contributed by atoms with Gasteiger partial charge in [-0.25, -0.2) is 0 Å². The smallest absolute Gasteiger partial charge is 0.276 e. The Labute approximate surface area is 152 Å². The number of carbonyl (C=O) groups is 2. The normalized spacial score (nSPS) is 21.4. The second kappa shape index (κ2) is 6.26. The molecule has 1 fully saturated rings. The summed E-state index contributed by atoms with van der Waals surface area (Å²) >= 11 is 1.49. The Hall–Kier alpha value is -2.65. The van der Waals surface area contributed by atoms with Gasteiger partial charge in [-0.2, -0.15) is 0 Å². The summed E-state index contributed by atoms with van der Waals surface area (Å²) in [6, 6.07) is 3.60. The molecule has 2 aromatic heterocycles. The van der Waals surface area contributed by atoms with Gasteiger partial charge in [-0.05, 0) is 18.4 Å². The average molecular weight is 375 g/mol. The highest BCUT2D eigenvalue weighted by atomic mass is 32.1. The van der Waals surface area contributed by atoms with Gasteiger partial charge in [-0.15, -0.1) is 11.3 Å². The van der Waals surface area contributed by atoms with E-state index in [-0.39, 0.29) is 30.4 Å². The van der Waals surface area contributed by atoms with E-state index >= 15 is 0 Å². The van der Waals surface area contributed by atoms with E-state index in [2.05, 4.69) is 5.32 Å². The van der Waals surface area contributed by atoms with Gasteiger partial charge in [0.1, 0.15) is 5.56 Å². The number of ether oxygens (including phenoxy) is 1. The molecule has 2 aromatic rings. The number of aromatic nitrogens is 1. The Morgan fingerprint density at radius 2 is 2.27 bits per heavy atom. The molecule has 2 aliphatic rings. The summed E-state index contributed by atoms with van der Waals surface area (Å²) in [4.78, 5) is 40.0.